The molecule has 0 aliphatic rings. The van der Waals surface area contributed by atoms with Gasteiger partial charge < -0.3 is 5.11 Å². The van der Waals surface area contributed by atoms with Crippen LogP contribution in [0.25, 0.3) is 10.7 Å². The Balaban J connectivity index is 2.28. The van der Waals surface area contributed by atoms with Crippen molar-refractivity contribution in [3.8, 4) is 10.7 Å². The van der Waals surface area contributed by atoms with Crippen LogP contribution < -0.4 is 0 Å². The molecule has 2 aromatic heterocycles. The first-order valence-electron chi connectivity index (χ1n) is 6.81. The number of aromatic nitrogens is 5. The van der Waals surface area contributed by atoms with Crippen LogP contribution in [0.4, 0.5) is 0 Å². The number of rotatable bonds is 6. The molecule has 2 rings (SSSR count). The summed E-state index contributed by atoms with van der Waals surface area (Å²) in [6, 6.07) is 0. The minimum Gasteiger partial charge on any atom is -0.481 e. The smallest absolute Gasteiger partial charge is 0.308 e. The lowest BCUT2D eigenvalue weighted by Crippen LogP contribution is -2.23. The number of aryl methyl sites for hydroxylation is 2. The fourth-order valence-electron chi connectivity index (χ4n) is 2.26. The van der Waals surface area contributed by atoms with E-state index in [1.54, 1.807) is 4.68 Å². The molecule has 0 saturated heterocycles. The van der Waals surface area contributed by atoms with Crippen molar-refractivity contribution in [1.29, 1.82) is 0 Å². The van der Waals surface area contributed by atoms with Gasteiger partial charge in [-0.15, -0.1) is 16.4 Å². The SMILES string of the molecule is Cc1nc(C)c(-c2nnnn2CC(CC(C)C)C(=O)O)s1. The zero-order chi connectivity index (χ0) is 15.6. The second kappa shape index (κ2) is 6.30. The molecule has 1 N–H and O–H groups in total. The van der Waals surface area contributed by atoms with Gasteiger partial charge in [-0.05, 0) is 36.6 Å². The lowest BCUT2D eigenvalue weighted by molar-refractivity contribution is -0.142. The fourth-order valence-corrected chi connectivity index (χ4v) is 3.17. The van der Waals surface area contributed by atoms with E-state index in [9.17, 15) is 9.90 Å². The van der Waals surface area contributed by atoms with Crippen molar-refractivity contribution in [3.05, 3.63) is 10.7 Å². The van der Waals surface area contributed by atoms with Crippen LogP contribution in [-0.2, 0) is 11.3 Å². The predicted octanol–water partition coefficient (Wildman–Crippen LogP) is 2.16. The molecule has 8 heteroatoms. The van der Waals surface area contributed by atoms with Gasteiger partial charge in [0.05, 0.1) is 28.0 Å². The van der Waals surface area contributed by atoms with Gasteiger partial charge in [0.25, 0.3) is 0 Å². The van der Waals surface area contributed by atoms with E-state index in [-0.39, 0.29) is 6.54 Å². The number of nitrogens with zero attached hydrogens (tertiary/aromatic N) is 5. The van der Waals surface area contributed by atoms with Crippen LogP contribution in [0, 0.1) is 25.7 Å². The maximum Gasteiger partial charge on any atom is 0.308 e. The average Bonchev–Trinajstić information content (AvgIpc) is 2.94. The molecule has 0 radical (unpaired) electrons. The summed E-state index contributed by atoms with van der Waals surface area (Å²) in [4.78, 5) is 16.6. The standard InChI is InChI=1S/C13H19N5O2S/c1-7(2)5-10(13(19)20)6-18-12(15-16-17-18)11-8(3)14-9(4)21-11/h7,10H,5-6H2,1-4H3,(H,19,20). The molecule has 114 valence electrons. The number of thiazole rings is 1. The van der Waals surface area contributed by atoms with Gasteiger partial charge in [0.15, 0.2) is 5.82 Å². The Morgan fingerprint density at radius 3 is 2.62 bits per heavy atom. The summed E-state index contributed by atoms with van der Waals surface area (Å²) < 4.78 is 1.57. The highest BCUT2D eigenvalue weighted by molar-refractivity contribution is 7.15. The highest BCUT2D eigenvalue weighted by Gasteiger charge is 2.23. The summed E-state index contributed by atoms with van der Waals surface area (Å²) in [5.41, 5.74) is 0.865. The highest BCUT2D eigenvalue weighted by atomic mass is 32.1. The molecule has 0 aliphatic carbocycles. The summed E-state index contributed by atoms with van der Waals surface area (Å²) in [5.74, 6) is -0.421. The Kier molecular flexibility index (Phi) is 4.66. The van der Waals surface area contributed by atoms with E-state index in [1.165, 1.54) is 11.3 Å². The number of carboxylic acid groups (broad SMARTS) is 1. The first-order valence-corrected chi connectivity index (χ1v) is 7.63. The van der Waals surface area contributed by atoms with Crippen LogP contribution in [0.2, 0.25) is 0 Å². The topological polar surface area (TPSA) is 93.8 Å². The molecule has 1 atom stereocenters. The summed E-state index contributed by atoms with van der Waals surface area (Å²) in [7, 11) is 0. The van der Waals surface area contributed by atoms with Crippen LogP contribution in [-0.4, -0.2) is 36.3 Å². The second-order valence-electron chi connectivity index (χ2n) is 5.50. The van der Waals surface area contributed by atoms with Crippen molar-refractivity contribution in [1.82, 2.24) is 25.2 Å². The molecule has 2 heterocycles. The van der Waals surface area contributed by atoms with E-state index in [2.05, 4.69) is 20.5 Å². The van der Waals surface area contributed by atoms with Crippen LogP contribution >= 0.6 is 11.3 Å². The molecule has 0 bridgehead atoms. The Hall–Kier alpha value is -1.83. The maximum absolute atomic E-state index is 11.4. The van der Waals surface area contributed by atoms with E-state index >= 15 is 0 Å². The fraction of sp³-hybridized carbons (Fsp3) is 0.615. The number of aliphatic carboxylic acids is 1. The summed E-state index contributed by atoms with van der Waals surface area (Å²) in [5, 5.41) is 22.0. The summed E-state index contributed by atoms with van der Waals surface area (Å²) >= 11 is 1.51. The Labute approximate surface area is 127 Å². The number of hydrogen-bond donors (Lipinski definition) is 1. The number of carboxylic acids is 1. The molecule has 0 amide bonds. The van der Waals surface area contributed by atoms with Crippen LogP contribution in [0.3, 0.4) is 0 Å². The zero-order valence-corrected chi connectivity index (χ0v) is 13.4. The third kappa shape index (κ3) is 3.63. The lowest BCUT2D eigenvalue weighted by Gasteiger charge is -2.14. The van der Waals surface area contributed by atoms with Crippen LogP contribution in [0.5, 0.6) is 0 Å². The zero-order valence-electron chi connectivity index (χ0n) is 12.6. The predicted molar refractivity (Wildman–Crippen MR) is 79.0 cm³/mol. The van der Waals surface area contributed by atoms with Gasteiger partial charge in [0, 0.05) is 0 Å². The monoisotopic (exact) mass is 309 g/mol. The molecule has 1 unspecified atom stereocenters. The maximum atomic E-state index is 11.4. The molecule has 7 nitrogen and oxygen atoms in total. The van der Waals surface area contributed by atoms with Crippen LogP contribution in [0.15, 0.2) is 0 Å². The van der Waals surface area contributed by atoms with Gasteiger partial charge in [-0.2, -0.15) is 0 Å². The third-order valence-electron chi connectivity index (χ3n) is 3.14. The summed E-state index contributed by atoms with van der Waals surface area (Å²) in [6.07, 6.45) is 0.593. The quantitative estimate of drug-likeness (QED) is 0.878. The van der Waals surface area contributed by atoms with Crippen molar-refractivity contribution >= 4 is 17.3 Å². The first kappa shape index (κ1) is 15.6. The van der Waals surface area contributed by atoms with Gasteiger partial charge in [-0.1, -0.05) is 13.8 Å². The molecule has 0 aliphatic heterocycles. The molecular formula is C13H19N5O2S. The van der Waals surface area contributed by atoms with E-state index < -0.39 is 11.9 Å². The Morgan fingerprint density at radius 1 is 1.38 bits per heavy atom. The van der Waals surface area contributed by atoms with E-state index in [1.807, 2.05) is 27.7 Å². The molecule has 0 fully saturated rings. The van der Waals surface area contributed by atoms with Crippen LogP contribution in [0.1, 0.15) is 31.0 Å². The van der Waals surface area contributed by atoms with Gasteiger partial charge >= 0.3 is 5.97 Å². The van der Waals surface area contributed by atoms with Crippen molar-refractivity contribution in [3.63, 3.8) is 0 Å². The van der Waals surface area contributed by atoms with Crippen molar-refractivity contribution in [2.45, 2.75) is 40.7 Å². The van der Waals surface area contributed by atoms with Gasteiger partial charge in [0.1, 0.15) is 0 Å². The second-order valence-corrected chi connectivity index (χ2v) is 6.70. The van der Waals surface area contributed by atoms with E-state index in [0.717, 1.165) is 15.6 Å². The molecule has 21 heavy (non-hydrogen) atoms. The lowest BCUT2D eigenvalue weighted by atomic mass is 9.97. The van der Waals surface area contributed by atoms with Crippen molar-refractivity contribution in [2.24, 2.45) is 11.8 Å². The van der Waals surface area contributed by atoms with Crippen molar-refractivity contribution in [2.75, 3.05) is 0 Å². The van der Waals surface area contributed by atoms with Gasteiger partial charge in [0.2, 0.25) is 0 Å². The average molecular weight is 309 g/mol. The number of tetrazole rings is 1. The highest BCUT2D eigenvalue weighted by Crippen LogP contribution is 2.28. The molecule has 0 spiro atoms. The third-order valence-corrected chi connectivity index (χ3v) is 4.21. The normalized spacial score (nSPS) is 12.8. The summed E-state index contributed by atoms with van der Waals surface area (Å²) in [6.45, 7) is 8.11. The largest absolute Gasteiger partial charge is 0.481 e. The number of carbonyl (C=O) groups is 1. The number of hydrogen-bond acceptors (Lipinski definition) is 6. The first-order chi connectivity index (χ1) is 9.88. The molecule has 0 aromatic carbocycles. The molecule has 2 aromatic rings. The van der Waals surface area contributed by atoms with Crippen molar-refractivity contribution < 1.29 is 9.90 Å². The van der Waals surface area contributed by atoms with Gasteiger partial charge in [-0.25, -0.2) is 9.67 Å². The Morgan fingerprint density at radius 2 is 2.10 bits per heavy atom. The minimum absolute atomic E-state index is 0.270. The molecule has 0 saturated carbocycles. The van der Waals surface area contributed by atoms with E-state index in [0.29, 0.717) is 18.2 Å². The van der Waals surface area contributed by atoms with Gasteiger partial charge in [-0.3, -0.25) is 4.79 Å². The minimum atomic E-state index is -0.817. The van der Waals surface area contributed by atoms with E-state index in [4.69, 9.17) is 0 Å². The Bertz CT molecular complexity index is 634. The molecular weight excluding hydrogens is 290 g/mol.